The zero-order valence-corrected chi connectivity index (χ0v) is 11.2. The van der Waals surface area contributed by atoms with Crippen molar-refractivity contribution in [1.29, 1.82) is 0 Å². The monoisotopic (exact) mass is 259 g/mol. The van der Waals surface area contributed by atoms with Crippen molar-refractivity contribution < 1.29 is 5.11 Å². The Morgan fingerprint density at radius 3 is 2.88 bits per heavy atom. The summed E-state index contributed by atoms with van der Waals surface area (Å²) in [6.45, 7) is 4.02. The van der Waals surface area contributed by atoms with Gasteiger partial charge in [0.15, 0.2) is 5.15 Å². The smallest absolute Gasteiger partial charge is 0.151 e. The molecule has 3 N–H and O–H groups in total. The van der Waals surface area contributed by atoms with Gasteiger partial charge in [0.05, 0.1) is 5.69 Å². The molecule has 0 fully saturated rings. The van der Waals surface area contributed by atoms with Crippen LogP contribution < -0.4 is 5.32 Å². The van der Waals surface area contributed by atoms with Gasteiger partial charge in [-0.25, -0.2) is 4.98 Å². The molecule has 1 aromatic heterocycles. The van der Waals surface area contributed by atoms with E-state index in [1.165, 1.54) is 0 Å². The molecular formula is C12H22ClN3O. The number of aliphatic hydroxyl groups is 1. The lowest BCUT2D eigenvalue weighted by Gasteiger charge is -2.02. The Morgan fingerprint density at radius 2 is 2.18 bits per heavy atom. The molecule has 0 unspecified atom stereocenters. The van der Waals surface area contributed by atoms with Gasteiger partial charge in [-0.15, -0.1) is 0 Å². The summed E-state index contributed by atoms with van der Waals surface area (Å²) in [6, 6.07) is 0. The van der Waals surface area contributed by atoms with E-state index in [0.29, 0.717) is 11.7 Å². The van der Waals surface area contributed by atoms with Gasteiger partial charge in [-0.3, -0.25) is 0 Å². The summed E-state index contributed by atoms with van der Waals surface area (Å²) >= 11 is 6.04. The first kappa shape index (κ1) is 14.5. The van der Waals surface area contributed by atoms with Crippen LogP contribution in [-0.2, 0) is 13.0 Å². The van der Waals surface area contributed by atoms with Gasteiger partial charge in [-0.05, 0) is 25.8 Å². The maximum absolute atomic E-state index is 8.65. The Kier molecular flexibility index (Phi) is 7.24. The highest BCUT2D eigenvalue weighted by molar-refractivity contribution is 6.30. The Morgan fingerprint density at radius 1 is 1.35 bits per heavy atom. The third kappa shape index (κ3) is 5.52. The average Bonchev–Trinajstić information content (AvgIpc) is 2.67. The van der Waals surface area contributed by atoms with E-state index in [2.05, 4.69) is 22.2 Å². The molecular weight excluding hydrogens is 238 g/mol. The van der Waals surface area contributed by atoms with Crippen LogP contribution >= 0.6 is 11.6 Å². The highest BCUT2D eigenvalue weighted by Crippen LogP contribution is 2.13. The number of unbranched alkanes of at least 4 members (excludes halogenated alkanes) is 2. The summed E-state index contributed by atoms with van der Waals surface area (Å²) in [5.41, 5.74) is 0.960. The van der Waals surface area contributed by atoms with Crippen molar-refractivity contribution in [3.05, 3.63) is 16.7 Å². The van der Waals surface area contributed by atoms with Crippen LogP contribution in [0.4, 0.5) is 0 Å². The minimum absolute atomic E-state index is 0.258. The summed E-state index contributed by atoms with van der Waals surface area (Å²) in [5.74, 6) is 0.976. The van der Waals surface area contributed by atoms with Crippen LogP contribution in [0, 0.1) is 0 Å². The van der Waals surface area contributed by atoms with Crippen LogP contribution in [0.1, 0.15) is 44.1 Å². The van der Waals surface area contributed by atoms with Gasteiger partial charge in [0, 0.05) is 19.6 Å². The van der Waals surface area contributed by atoms with E-state index in [0.717, 1.165) is 50.2 Å². The number of aryl methyl sites for hydroxylation is 1. The number of H-pyrrole nitrogens is 1. The Balaban J connectivity index is 2.29. The molecule has 17 heavy (non-hydrogen) atoms. The van der Waals surface area contributed by atoms with E-state index >= 15 is 0 Å². The lowest BCUT2D eigenvalue weighted by Crippen LogP contribution is -2.15. The molecule has 0 spiro atoms. The second-order valence-corrected chi connectivity index (χ2v) is 4.52. The van der Waals surface area contributed by atoms with Crippen LogP contribution in [-0.4, -0.2) is 28.2 Å². The van der Waals surface area contributed by atoms with Crippen molar-refractivity contribution in [3.8, 4) is 0 Å². The van der Waals surface area contributed by atoms with E-state index in [4.69, 9.17) is 16.7 Å². The quantitative estimate of drug-likeness (QED) is 0.596. The third-order valence-electron chi connectivity index (χ3n) is 2.61. The predicted molar refractivity (Wildman–Crippen MR) is 70.2 cm³/mol. The number of aliphatic hydroxyl groups excluding tert-OH is 1. The molecule has 0 aliphatic heterocycles. The first-order valence-electron chi connectivity index (χ1n) is 6.32. The van der Waals surface area contributed by atoms with Gasteiger partial charge < -0.3 is 15.4 Å². The number of rotatable bonds is 9. The third-order valence-corrected chi connectivity index (χ3v) is 2.92. The first-order chi connectivity index (χ1) is 8.27. The fourth-order valence-corrected chi connectivity index (χ4v) is 1.81. The first-order valence-corrected chi connectivity index (χ1v) is 6.70. The largest absolute Gasteiger partial charge is 0.396 e. The molecule has 0 atom stereocenters. The van der Waals surface area contributed by atoms with E-state index < -0.39 is 0 Å². The SMILES string of the molecule is CCCCc1nc(Cl)c(CNCCCCO)[nH]1. The van der Waals surface area contributed by atoms with E-state index in [1.54, 1.807) is 0 Å². The molecule has 0 bridgehead atoms. The highest BCUT2D eigenvalue weighted by atomic mass is 35.5. The molecule has 0 aliphatic carbocycles. The van der Waals surface area contributed by atoms with Gasteiger partial charge in [0.1, 0.15) is 5.82 Å². The van der Waals surface area contributed by atoms with Gasteiger partial charge in [-0.2, -0.15) is 0 Å². The number of aromatic nitrogens is 2. The molecule has 1 aromatic rings. The fourth-order valence-electron chi connectivity index (χ4n) is 1.59. The van der Waals surface area contributed by atoms with E-state index in [9.17, 15) is 0 Å². The Bertz CT molecular complexity index is 315. The molecule has 5 heteroatoms. The maximum atomic E-state index is 8.65. The number of halogens is 1. The molecule has 0 radical (unpaired) electrons. The molecule has 0 saturated heterocycles. The average molecular weight is 260 g/mol. The zero-order valence-electron chi connectivity index (χ0n) is 10.4. The minimum atomic E-state index is 0.258. The lowest BCUT2D eigenvalue weighted by molar-refractivity contribution is 0.283. The topological polar surface area (TPSA) is 60.9 Å². The second-order valence-electron chi connectivity index (χ2n) is 4.16. The van der Waals surface area contributed by atoms with Gasteiger partial charge in [0.25, 0.3) is 0 Å². The summed E-state index contributed by atoms with van der Waals surface area (Å²) in [5, 5.41) is 12.5. The van der Waals surface area contributed by atoms with Crippen molar-refractivity contribution in [2.24, 2.45) is 0 Å². The van der Waals surface area contributed by atoms with Gasteiger partial charge in [0.2, 0.25) is 0 Å². The number of imidazole rings is 1. The van der Waals surface area contributed by atoms with Gasteiger partial charge >= 0.3 is 0 Å². The molecule has 1 heterocycles. The number of nitrogens with one attached hydrogen (secondary N) is 2. The van der Waals surface area contributed by atoms with Crippen molar-refractivity contribution in [3.63, 3.8) is 0 Å². The van der Waals surface area contributed by atoms with Crippen LogP contribution in [0.25, 0.3) is 0 Å². The van der Waals surface area contributed by atoms with Gasteiger partial charge in [-0.1, -0.05) is 24.9 Å². The van der Waals surface area contributed by atoms with E-state index in [1.807, 2.05) is 0 Å². The van der Waals surface area contributed by atoms with Crippen LogP contribution in [0.5, 0.6) is 0 Å². The summed E-state index contributed by atoms with van der Waals surface area (Å²) in [4.78, 5) is 7.55. The number of hydrogen-bond donors (Lipinski definition) is 3. The maximum Gasteiger partial charge on any atom is 0.151 e. The second kappa shape index (κ2) is 8.50. The highest BCUT2D eigenvalue weighted by Gasteiger charge is 2.06. The summed E-state index contributed by atoms with van der Waals surface area (Å²) in [6.07, 6.45) is 5.07. The van der Waals surface area contributed by atoms with E-state index in [-0.39, 0.29) is 6.61 Å². The molecule has 0 amide bonds. The normalized spacial score (nSPS) is 11.0. The molecule has 1 rings (SSSR count). The molecule has 98 valence electrons. The van der Waals surface area contributed by atoms with Crippen LogP contribution in [0.2, 0.25) is 5.15 Å². The number of aromatic amines is 1. The van der Waals surface area contributed by atoms with Crippen molar-refractivity contribution in [1.82, 2.24) is 15.3 Å². The predicted octanol–water partition coefficient (Wildman–Crippen LogP) is 2.27. The van der Waals surface area contributed by atoms with Crippen molar-refractivity contribution >= 4 is 11.6 Å². The Labute approximate surface area is 108 Å². The summed E-state index contributed by atoms with van der Waals surface area (Å²) < 4.78 is 0. The molecule has 4 nitrogen and oxygen atoms in total. The number of nitrogens with zero attached hydrogens (tertiary/aromatic N) is 1. The zero-order chi connectivity index (χ0) is 12.5. The standard InChI is InChI=1S/C12H22ClN3O/c1-2-3-6-11-15-10(12(13)16-11)9-14-7-4-5-8-17/h14,17H,2-9H2,1H3,(H,15,16). The lowest BCUT2D eigenvalue weighted by atomic mass is 10.2. The molecule has 0 aliphatic rings. The molecule has 0 saturated carbocycles. The fraction of sp³-hybridized carbons (Fsp3) is 0.750. The number of hydrogen-bond acceptors (Lipinski definition) is 3. The minimum Gasteiger partial charge on any atom is -0.396 e. The van der Waals surface area contributed by atoms with Crippen molar-refractivity contribution in [2.75, 3.05) is 13.2 Å². The summed E-state index contributed by atoms with van der Waals surface area (Å²) in [7, 11) is 0. The molecule has 0 aromatic carbocycles. The van der Waals surface area contributed by atoms with Crippen LogP contribution in [0.15, 0.2) is 0 Å². The van der Waals surface area contributed by atoms with Crippen LogP contribution in [0.3, 0.4) is 0 Å². The van der Waals surface area contributed by atoms with Crippen molar-refractivity contribution in [2.45, 2.75) is 45.6 Å². The Hall–Kier alpha value is -0.580.